The molecule has 1 heterocycles. The summed E-state index contributed by atoms with van der Waals surface area (Å²) in [5, 5.41) is 5.96. The van der Waals surface area contributed by atoms with Gasteiger partial charge in [-0.3, -0.25) is 4.79 Å². The van der Waals surface area contributed by atoms with Crippen LogP contribution in [-0.2, 0) is 6.42 Å². The lowest BCUT2D eigenvalue weighted by Gasteiger charge is -2.10. The van der Waals surface area contributed by atoms with Gasteiger partial charge in [0.05, 0.1) is 0 Å². The van der Waals surface area contributed by atoms with E-state index in [1.807, 2.05) is 37.3 Å². The fraction of sp³-hybridized carbons (Fsp3) is 0.294. The molecule has 110 valence electrons. The van der Waals surface area contributed by atoms with Gasteiger partial charge >= 0.3 is 0 Å². The number of aromatic nitrogens is 1. The molecule has 2 aromatic rings. The number of anilines is 2. The first kappa shape index (κ1) is 15.0. The van der Waals surface area contributed by atoms with Crippen molar-refractivity contribution in [3.05, 3.63) is 53.2 Å². The first-order chi connectivity index (χ1) is 10.1. The molecule has 0 aliphatic rings. The van der Waals surface area contributed by atoms with Gasteiger partial charge in [0.25, 0.3) is 5.91 Å². The van der Waals surface area contributed by atoms with E-state index in [-0.39, 0.29) is 5.91 Å². The Balaban J connectivity index is 2.26. The Kier molecular flexibility index (Phi) is 4.93. The number of hydrogen-bond acceptors (Lipinski definition) is 3. The molecule has 0 spiro atoms. The third-order valence-corrected chi connectivity index (χ3v) is 3.30. The third kappa shape index (κ3) is 3.81. The van der Waals surface area contributed by atoms with Gasteiger partial charge in [-0.25, -0.2) is 4.98 Å². The van der Waals surface area contributed by atoms with Crippen LogP contribution in [0.25, 0.3) is 0 Å². The highest BCUT2D eigenvalue weighted by molar-refractivity contribution is 6.05. The summed E-state index contributed by atoms with van der Waals surface area (Å²) in [5.74, 6) is 0.608. The molecule has 0 aliphatic carbocycles. The summed E-state index contributed by atoms with van der Waals surface area (Å²) in [7, 11) is 1.81. The number of hydrogen-bond donors (Lipinski definition) is 2. The predicted molar refractivity (Wildman–Crippen MR) is 86.9 cm³/mol. The fourth-order valence-electron chi connectivity index (χ4n) is 2.14. The Hall–Kier alpha value is -2.36. The van der Waals surface area contributed by atoms with E-state index < -0.39 is 0 Å². The van der Waals surface area contributed by atoms with E-state index in [4.69, 9.17) is 0 Å². The van der Waals surface area contributed by atoms with Gasteiger partial charge in [-0.2, -0.15) is 0 Å². The largest absolute Gasteiger partial charge is 0.373 e. The van der Waals surface area contributed by atoms with Crippen molar-refractivity contribution in [1.82, 2.24) is 4.98 Å². The number of carbonyl (C=O) groups is 1. The average molecular weight is 283 g/mol. The molecule has 0 bridgehead atoms. The van der Waals surface area contributed by atoms with Crippen LogP contribution in [0, 0.1) is 6.92 Å². The molecular formula is C17H21N3O. The highest BCUT2D eigenvalue weighted by Crippen LogP contribution is 2.17. The van der Waals surface area contributed by atoms with Crippen LogP contribution in [-0.4, -0.2) is 17.9 Å². The van der Waals surface area contributed by atoms with Crippen LogP contribution in [0.1, 0.15) is 35.0 Å². The lowest BCUT2D eigenvalue weighted by molar-refractivity contribution is 0.102. The van der Waals surface area contributed by atoms with Crippen molar-refractivity contribution in [1.29, 1.82) is 0 Å². The van der Waals surface area contributed by atoms with E-state index in [1.165, 1.54) is 0 Å². The molecule has 0 radical (unpaired) electrons. The van der Waals surface area contributed by atoms with Gasteiger partial charge < -0.3 is 10.6 Å². The van der Waals surface area contributed by atoms with Gasteiger partial charge in [0.1, 0.15) is 5.82 Å². The number of aryl methyl sites for hydroxylation is 2. The lowest BCUT2D eigenvalue weighted by Crippen LogP contribution is -2.14. The maximum absolute atomic E-state index is 12.4. The Morgan fingerprint density at radius 3 is 2.67 bits per heavy atom. The first-order valence-corrected chi connectivity index (χ1v) is 7.19. The van der Waals surface area contributed by atoms with E-state index in [9.17, 15) is 4.79 Å². The highest BCUT2D eigenvalue weighted by atomic mass is 16.1. The van der Waals surface area contributed by atoms with E-state index in [0.717, 1.165) is 35.6 Å². The molecule has 0 atom stereocenters. The third-order valence-electron chi connectivity index (χ3n) is 3.30. The van der Waals surface area contributed by atoms with Crippen molar-refractivity contribution in [2.45, 2.75) is 26.7 Å². The van der Waals surface area contributed by atoms with Gasteiger partial charge in [-0.1, -0.05) is 31.5 Å². The quantitative estimate of drug-likeness (QED) is 0.881. The lowest BCUT2D eigenvalue weighted by atomic mass is 10.1. The standard InChI is InChI=1S/C17H21N3O/c1-4-7-14-10-13(11-16(18-3)19-14)17(21)20-15-9-6-5-8-12(15)2/h5-6,8-11H,4,7H2,1-3H3,(H,18,19)(H,20,21). The zero-order valence-corrected chi connectivity index (χ0v) is 12.7. The molecule has 21 heavy (non-hydrogen) atoms. The van der Waals surface area contributed by atoms with Crippen molar-refractivity contribution in [3.63, 3.8) is 0 Å². The molecule has 2 N–H and O–H groups in total. The molecule has 0 unspecified atom stereocenters. The number of rotatable bonds is 5. The predicted octanol–water partition coefficient (Wildman–Crippen LogP) is 3.64. The van der Waals surface area contributed by atoms with Crippen LogP contribution >= 0.6 is 0 Å². The van der Waals surface area contributed by atoms with Crippen LogP contribution in [0.2, 0.25) is 0 Å². The van der Waals surface area contributed by atoms with Crippen molar-refractivity contribution < 1.29 is 4.79 Å². The molecule has 1 aromatic carbocycles. The summed E-state index contributed by atoms with van der Waals surface area (Å²) in [6, 6.07) is 11.4. The van der Waals surface area contributed by atoms with Crippen LogP contribution < -0.4 is 10.6 Å². The van der Waals surface area contributed by atoms with Crippen molar-refractivity contribution in [2.24, 2.45) is 0 Å². The molecule has 0 fully saturated rings. The summed E-state index contributed by atoms with van der Waals surface area (Å²) in [4.78, 5) is 16.9. The Bertz CT molecular complexity index is 638. The maximum atomic E-state index is 12.4. The first-order valence-electron chi connectivity index (χ1n) is 7.19. The summed E-state index contributed by atoms with van der Waals surface area (Å²) in [6.45, 7) is 4.07. The van der Waals surface area contributed by atoms with Gasteiger partial charge in [-0.15, -0.1) is 0 Å². The van der Waals surface area contributed by atoms with Crippen LogP contribution in [0.15, 0.2) is 36.4 Å². The molecular weight excluding hydrogens is 262 g/mol. The molecule has 0 aliphatic heterocycles. The van der Waals surface area contributed by atoms with E-state index in [2.05, 4.69) is 22.5 Å². The molecule has 4 nitrogen and oxygen atoms in total. The van der Waals surface area contributed by atoms with Gasteiger partial charge in [0.15, 0.2) is 0 Å². The van der Waals surface area contributed by atoms with Crippen LogP contribution in [0.3, 0.4) is 0 Å². The Morgan fingerprint density at radius 1 is 1.24 bits per heavy atom. The fourth-order valence-corrected chi connectivity index (χ4v) is 2.14. The number of nitrogens with zero attached hydrogens (tertiary/aromatic N) is 1. The number of benzene rings is 1. The van der Waals surface area contributed by atoms with Crippen molar-refractivity contribution in [2.75, 3.05) is 17.7 Å². The van der Waals surface area contributed by atoms with Crippen molar-refractivity contribution >= 4 is 17.4 Å². The van der Waals surface area contributed by atoms with Crippen LogP contribution in [0.4, 0.5) is 11.5 Å². The van der Waals surface area contributed by atoms with Crippen LogP contribution in [0.5, 0.6) is 0 Å². The average Bonchev–Trinajstić information content (AvgIpc) is 2.49. The number of pyridine rings is 1. The number of nitrogens with one attached hydrogen (secondary N) is 2. The molecule has 0 saturated heterocycles. The summed E-state index contributed by atoms with van der Waals surface area (Å²) in [5.41, 5.74) is 3.44. The Morgan fingerprint density at radius 2 is 2.00 bits per heavy atom. The minimum absolute atomic E-state index is 0.111. The second-order valence-electron chi connectivity index (χ2n) is 5.00. The maximum Gasteiger partial charge on any atom is 0.255 e. The second kappa shape index (κ2) is 6.88. The minimum Gasteiger partial charge on any atom is -0.373 e. The number of carbonyl (C=O) groups excluding carboxylic acids is 1. The van der Waals surface area contributed by atoms with Gasteiger partial charge in [0, 0.05) is 24.0 Å². The molecule has 1 aromatic heterocycles. The van der Waals surface area contributed by atoms with E-state index >= 15 is 0 Å². The number of amides is 1. The van der Waals surface area contributed by atoms with E-state index in [0.29, 0.717) is 5.56 Å². The molecule has 4 heteroatoms. The monoisotopic (exact) mass is 283 g/mol. The summed E-state index contributed by atoms with van der Waals surface area (Å²) in [6.07, 6.45) is 1.86. The molecule has 2 rings (SSSR count). The zero-order valence-electron chi connectivity index (χ0n) is 12.7. The molecule has 1 amide bonds. The highest BCUT2D eigenvalue weighted by Gasteiger charge is 2.10. The second-order valence-corrected chi connectivity index (χ2v) is 5.00. The van der Waals surface area contributed by atoms with Crippen molar-refractivity contribution in [3.8, 4) is 0 Å². The van der Waals surface area contributed by atoms with E-state index in [1.54, 1.807) is 13.1 Å². The zero-order chi connectivity index (χ0) is 15.2. The normalized spacial score (nSPS) is 10.2. The topological polar surface area (TPSA) is 54.0 Å². The smallest absolute Gasteiger partial charge is 0.255 e. The Labute approximate surface area is 125 Å². The number of para-hydroxylation sites is 1. The molecule has 0 saturated carbocycles. The van der Waals surface area contributed by atoms with Gasteiger partial charge in [-0.05, 0) is 37.1 Å². The minimum atomic E-state index is -0.111. The summed E-state index contributed by atoms with van der Waals surface area (Å²) < 4.78 is 0. The van der Waals surface area contributed by atoms with Gasteiger partial charge in [0.2, 0.25) is 0 Å². The summed E-state index contributed by atoms with van der Waals surface area (Å²) >= 11 is 0. The SMILES string of the molecule is CCCc1cc(C(=O)Nc2ccccc2C)cc(NC)n1.